The number of benzene rings is 1. The van der Waals surface area contributed by atoms with Crippen molar-refractivity contribution in [2.45, 2.75) is 12.8 Å². The average molecular weight is 221 g/mol. The zero-order chi connectivity index (χ0) is 11.2. The molecule has 2 nitrogen and oxygen atoms in total. The van der Waals surface area contributed by atoms with Crippen molar-refractivity contribution in [2.75, 3.05) is 0 Å². The molecule has 0 spiro atoms. The summed E-state index contributed by atoms with van der Waals surface area (Å²) in [7, 11) is 0. The second-order valence-corrected chi connectivity index (χ2v) is 4.53. The third-order valence-corrected chi connectivity index (χ3v) is 3.60. The third-order valence-electron chi connectivity index (χ3n) is 3.60. The van der Waals surface area contributed by atoms with Crippen LogP contribution in [0.3, 0.4) is 0 Å². The van der Waals surface area contributed by atoms with Crippen LogP contribution in [-0.2, 0) is 6.42 Å². The Morgan fingerprint density at radius 1 is 1.12 bits per heavy atom. The molecule has 3 aromatic rings. The fourth-order valence-corrected chi connectivity index (χ4v) is 2.85. The normalized spacial score (nSPS) is 14.4. The number of fused-ring (bicyclic) bond motifs is 6. The minimum Gasteiger partial charge on any atom is -0.243 e. The summed E-state index contributed by atoms with van der Waals surface area (Å²) in [6.07, 6.45) is 10.9. The van der Waals surface area contributed by atoms with E-state index in [4.69, 9.17) is 0 Å². The highest BCUT2D eigenvalue weighted by atomic mass is 15.0. The third kappa shape index (κ3) is 1.12. The molecule has 0 bridgehead atoms. The molecule has 0 atom stereocenters. The lowest BCUT2D eigenvalue weighted by Gasteiger charge is -2.11. The molecule has 17 heavy (non-hydrogen) atoms. The Bertz CT molecular complexity index is 750. The van der Waals surface area contributed by atoms with Gasteiger partial charge >= 0.3 is 0 Å². The van der Waals surface area contributed by atoms with Crippen LogP contribution in [0.5, 0.6) is 0 Å². The Morgan fingerprint density at radius 3 is 2.94 bits per heavy atom. The molecule has 4 rings (SSSR count). The van der Waals surface area contributed by atoms with Crippen LogP contribution in [0.25, 0.3) is 22.5 Å². The second-order valence-electron chi connectivity index (χ2n) is 4.53. The lowest BCUT2D eigenvalue weighted by molar-refractivity contribution is -0.511. The summed E-state index contributed by atoms with van der Waals surface area (Å²) in [4.78, 5) is 3.34. The van der Waals surface area contributed by atoms with Gasteiger partial charge in [-0.1, -0.05) is 24.3 Å². The molecule has 0 saturated carbocycles. The molecule has 0 radical (unpaired) electrons. The number of nitrogens with one attached hydrogen (secondary N) is 1. The SMILES string of the molecule is C1=Cc2c(c3ccccc3c3[nH]cc[n+]23)CC1. The largest absolute Gasteiger partial charge is 0.292 e. The van der Waals surface area contributed by atoms with Crippen LogP contribution in [0.15, 0.2) is 42.7 Å². The number of aryl methyl sites for hydroxylation is 1. The minimum atomic E-state index is 1.14. The van der Waals surface area contributed by atoms with E-state index in [1.807, 2.05) is 6.20 Å². The number of pyridine rings is 1. The predicted octanol–water partition coefficient (Wildman–Crippen LogP) is 2.87. The molecule has 0 unspecified atom stereocenters. The number of hydrogen-bond acceptors (Lipinski definition) is 0. The van der Waals surface area contributed by atoms with Crippen molar-refractivity contribution >= 4 is 22.5 Å². The molecule has 0 saturated heterocycles. The summed E-state index contributed by atoms with van der Waals surface area (Å²) in [5.74, 6) is 0. The average Bonchev–Trinajstić information content (AvgIpc) is 2.89. The Labute approximate surface area is 99.2 Å². The Morgan fingerprint density at radius 2 is 2.00 bits per heavy atom. The minimum absolute atomic E-state index is 1.14. The summed E-state index contributed by atoms with van der Waals surface area (Å²) in [6.45, 7) is 0. The first-order valence-electron chi connectivity index (χ1n) is 6.04. The van der Waals surface area contributed by atoms with Crippen LogP contribution in [0.4, 0.5) is 0 Å². The van der Waals surface area contributed by atoms with Crippen molar-refractivity contribution in [2.24, 2.45) is 0 Å². The van der Waals surface area contributed by atoms with Gasteiger partial charge in [0.25, 0.3) is 5.65 Å². The Kier molecular flexibility index (Phi) is 1.69. The van der Waals surface area contributed by atoms with Crippen molar-refractivity contribution in [3.05, 3.63) is 54.0 Å². The van der Waals surface area contributed by atoms with E-state index in [0.29, 0.717) is 0 Å². The van der Waals surface area contributed by atoms with Crippen LogP contribution in [0.2, 0.25) is 0 Å². The van der Waals surface area contributed by atoms with Gasteiger partial charge in [0.2, 0.25) is 0 Å². The van der Waals surface area contributed by atoms with E-state index in [-0.39, 0.29) is 0 Å². The van der Waals surface area contributed by atoms with Gasteiger partial charge in [0, 0.05) is 5.56 Å². The molecule has 0 amide bonds. The highest BCUT2D eigenvalue weighted by Crippen LogP contribution is 2.27. The van der Waals surface area contributed by atoms with Gasteiger partial charge in [0.1, 0.15) is 18.1 Å². The van der Waals surface area contributed by atoms with Crippen molar-refractivity contribution in [1.82, 2.24) is 4.98 Å². The highest BCUT2D eigenvalue weighted by Gasteiger charge is 2.19. The quantitative estimate of drug-likeness (QED) is 0.563. The standard InChI is InChI=1S/C15H12N2/c1-2-7-13-11(5-1)12-6-3-4-8-14(12)17-10-9-16-15(13)17/h1-2,4-5,7-10H,3,6H2/p+1. The Hall–Kier alpha value is -2.09. The summed E-state index contributed by atoms with van der Waals surface area (Å²) >= 11 is 0. The fraction of sp³-hybridized carbons (Fsp3) is 0.133. The monoisotopic (exact) mass is 221 g/mol. The lowest BCUT2D eigenvalue weighted by atomic mass is 9.96. The summed E-state index contributed by atoms with van der Waals surface area (Å²) in [6, 6.07) is 8.66. The molecule has 2 heterocycles. The zero-order valence-electron chi connectivity index (χ0n) is 9.48. The van der Waals surface area contributed by atoms with Gasteiger partial charge in [-0.25, -0.2) is 4.98 Å². The maximum Gasteiger partial charge on any atom is 0.292 e. The van der Waals surface area contributed by atoms with E-state index in [0.717, 1.165) is 12.8 Å². The van der Waals surface area contributed by atoms with E-state index < -0.39 is 0 Å². The van der Waals surface area contributed by atoms with E-state index in [1.165, 1.54) is 27.7 Å². The van der Waals surface area contributed by atoms with Gasteiger partial charge in [0.15, 0.2) is 0 Å². The van der Waals surface area contributed by atoms with Gasteiger partial charge in [-0.05, 0) is 30.4 Å². The molecule has 82 valence electrons. The molecule has 1 aliphatic carbocycles. The number of aromatic amines is 1. The summed E-state index contributed by atoms with van der Waals surface area (Å²) < 4.78 is 2.26. The number of rotatable bonds is 0. The Balaban J connectivity index is 2.33. The van der Waals surface area contributed by atoms with Gasteiger partial charge < -0.3 is 0 Å². The molecule has 1 N–H and O–H groups in total. The predicted molar refractivity (Wildman–Crippen MR) is 68.8 cm³/mol. The molecule has 2 aromatic heterocycles. The first-order valence-corrected chi connectivity index (χ1v) is 6.04. The number of nitrogens with zero attached hydrogens (tertiary/aromatic N) is 1. The highest BCUT2D eigenvalue weighted by molar-refractivity contribution is 5.95. The van der Waals surface area contributed by atoms with E-state index in [9.17, 15) is 0 Å². The van der Waals surface area contributed by atoms with Crippen molar-refractivity contribution in [1.29, 1.82) is 0 Å². The van der Waals surface area contributed by atoms with Crippen LogP contribution in [0.1, 0.15) is 17.7 Å². The van der Waals surface area contributed by atoms with Crippen LogP contribution < -0.4 is 4.40 Å². The molecule has 1 aliphatic rings. The summed E-state index contributed by atoms with van der Waals surface area (Å²) in [5, 5.41) is 2.70. The molecular formula is C15H13N2+. The van der Waals surface area contributed by atoms with Crippen molar-refractivity contribution in [3.63, 3.8) is 0 Å². The van der Waals surface area contributed by atoms with Gasteiger partial charge in [0.05, 0.1) is 5.39 Å². The van der Waals surface area contributed by atoms with E-state index >= 15 is 0 Å². The maximum absolute atomic E-state index is 3.34. The summed E-state index contributed by atoms with van der Waals surface area (Å²) in [5.41, 5.74) is 3.98. The molecular weight excluding hydrogens is 208 g/mol. The maximum atomic E-state index is 3.34. The number of imidazole rings is 1. The van der Waals surface area contributed by atoms with Crippen LogP contribution in [-0.4, -0.2) is 4.98 Å². The van der Waals surface area contributed by atoms with Crippen molar-refractivity contribution < 1.29 is 4.40 Å². The van der Waals surface area contributed by atoms with Crippen LogP contribution >= 0.6 is 0 Å². The lowest BCUT2D eigenvalue weighted by Crippen LogP contribution is -2.26. The fourth-order valence-electron chi connectivity index (χ4n) is 2.85. The second kappa shape index (κ2) is 3.20. The molecule has 1 aromatic carbocycles. The number of aromatic nitrogens is 2. The molecule has 0 aliphatic heterocycles. The van der Waals surface area contributed by atoms with Crippen molar-refractivity contribution in [3.8, 4) is 0 Å². The van der Waals surface area contributed by atoms with E-state index in [1.54, 1.807) is 0 Å². The van der Waals surface area contributed by atoms with Gasteiger partial charge in [-0.15, -0.1) is 0 Å². The smallest absolute Gasteiger partial charge is 0.243 e. The molecule has 2 heteroatoms. The zero-order valence-corrected chi connectivity index (χ0v) is 9.48. The number of allylic oxidation sites excluding steroid dienone is 1. The number of H-pyrrole nitrogens is 1. The first kappa shape index (κ1) is 8.99. The van der Waals surface area contributed by atoms with Gasteiger partial charge in [-0.3, -0.25) is 0 Å². The topological polar surface area (TPSA) is 19.9 Å². The van der Waals surface area contributed by atoms with E-state index in [2.05, 4.69) is 52.0 Å². The van der Waals surface area contributed by atoms with Gasteiger partial charge in [-0.2, -0.15) is 4.40 Å². The van der Waals surface area contributed by atoms with Crippen LogP contribution in [0, 0.1) is 0 Å². The first-order chi connectivity index (χ1) is 8.45. The number of hydrogen-bond donors (Lipinski definition) is 1. The molecule has 0 fully saturated rings.